The van der Waals surface area contributed by atoms with Gasteiger partial charge in [0, 0.05) is 29.4 Å². The van der Waals surface area contributed by atoms with Crippen molar-refractivity contribution in [3.05, 3.63) is 59.2 Å². The van der Waals surface area contributed by atoms with Crippen molar-refractivity contribution in [1.82, 2.24) is 15.0 Å². The third kappa shape index (κ3) is 4.00. The maximum absolute atomic E-state index is 5.41. The summed E-state index contributed by atoms with van der Waals surface area (Å²) in [5.74, 6) is 2.91. The number of aromatic nitrogens is 3. The Labute approximate surface area is 173 Å². The fraction of sp³-hybridized carbons (Fsp3) is 0.227. The number of benzene rings is 1. The highest BCUT2D eigenvalue weighted by atomic mass is 32.1. The largest absolute Gasteiger partial charge is 0.493 e. The highest BCUT2D eigenvalue weighted by Crippen LogP contribution is 2.32. The van der Waals surface area contributed by atoms with E-state index in [2.05, 4.69) is 23.3 Å². The number of ether oxygens (including phenoxy) is 2. The number of hydrogen-bond acceptors (Lipinski definition) is 7. The topological polar surface area (TPSA) is 69.2 Å². The molecule has 0 unspecified atom stereocenters. The molecule has 6 nitrogen and oxygen atoms in total. The van der Waals surface area contributed by atoms with Gasteiger partial charge in [-0.2, -0.15) is 0 Å². The zero-order chi connectivity index (χ0) is 20.2. The SMILES string of the molecule is CCc1cc2c(NCc3ccc(OC)c(OC)c3)nc(-c3cccnc3)nc2s1. The molecule has 4 aromatic rings. The Bertz CT molecular complexity index is 1130. The lowest BCUT2D eigenvalue weighted by Gasteiger charge is -2.12. The summed E-state index contributed by atoms with van der Waals surface area (Å²) in [6.45, 7) is 2.76. The molecule has 148 valence electrons. The summed E-state index contributed by atoms with van der Waals surface area (Å²) < 4.78 is 10.7. The lowest BCUT2D eigenvalue weighted by atomic mass is 10.2. The van der Waals surface area contributed by atoms with Gasteiger partial charge in [0.1, 0.15) is 10.6 Å². The summed E-state index contributed by atoms with van der Waals surface area (Å²) in [5.41, 5.74) is 1.97. The second kappa shape index (κ2) is 8.45. The van der Waals surface area contributed by atoms with Crippen molar-refractivity contribution in [2.24, 2.45) is 0 Å². The summed E-state index contributed by atoms with van der Waals surface area (Å²) in [7, 11) is 3.27. The number of methoxy groups -OCH3 is 2. The van der Waals surface area contributed by atoms with Crippen LogP contribution in [-0.4, -0.2) is 29.2 Å². The minimum Gasteiger partial charge on any atom is -0.493 e. The molecule has 1 aromatic carbocycles. The van der Waals surface area contributed by atoms with Crippen LogP contribution in [-0.2, 0) is 13.0 Å². The molecule has 0 bridgehead atoms. The molecule has 4 rings (SSSR count). The first-order valence-corrected chi connectivity index (χ1v) is 10.2. The van der Waals surface area contributed by atoms with Crippen molar-refractivity contribution in [2.45, 2.75) is 19.9 Å². The van der Waals surface area contributed by atoms with Crippen LogP contribution in [0.3, 0.4) is 0 Å². The Morgan fingerprint density at radius 3 is 2.62 bits per heavy atom. The van der Waals surface area contributed by atoms with E-state index in [-0.39, 0.29) is 0 Å². The number of thiophene rings is 1. The van der Waals surface area contributed by atoms with E-state index < -0.39 is 0 Å². The second-order valence-electron chi connectivity index (χ2n) is 6.47. The van der Waals surface area contributed by atoms with Crippen LogP contribution >= 0.6 is 11.3 Å². The summed E-state index contributed by atoms with van der Waals surface area (Å²) in [6.07, 6.45) is 4.50. The normalized spacial score (nSPS) is 10.9. The van der Waals surface area contributed by atoms with Gasteiger partial charge in [0.05, 0.1) is 19.6 Å². The van der Waals surface area contributed by atoms with Gasteiger partial charge in [-0.25, -0.2) is 9.97 Å². The van der Waals surface area contributed by atoms with Gasteiger partial charge in [-0.15, -0.1) is 11.3 Å². The van der Waals surface area contributed by atoms with Crippen LogP contribution in [0.25, 0.3) is 21.6 Å². The Morgan fingerprint density at radius 2 is 1.90 bits per heavy atom. The van der Waals surface area contributed by atoms with Gasteiger partial charge in [0.15, 0.2) is 17.3 Å². The Kier molecular flexibility index (Phi) is 5.57. The van der Waals surface area contributed by atoms with Crippen LogP contribution in [0.15, 0.2) is 48.8 Å². The van der Waals surface area contributed by atoms with Crippen LogP contribution < -0.4 is 14.8 Å². The third-order valence-corrected chi connectivity index (χ3v) is 5.79. The highest BCUT2D eigenvalue weighted by Gasteiger charge is 2.13. The number of aryl methyl sites for hydroxylation is 1. The van der Waals surface area contributed by atoms with Crippen molar-refractivity contribution in [3.63, 3.8) is 0 Å². The van der Waals surface area contributed by atoms with E-state index in [0.717, 1.165) is 33.6 Å². The molecule has 0 amide bonds. The molecule has 7 heteroatoms. The van der Waals surface area contributed by atoms with Crippen molar-refractivity contribution < 1.29 is 9.47 Å². The van der Waals surface area contributed by atoms with Gasteiger partial charge in [0.2, 0.25) is 0 Å². The minimum atomic E-state index is 0.607. The van der Waals surface area contributed by atoms with Gasteiger partial charge in [0.25, 0.3) is 0 Å². The average molecular weight is 407 g/mol. The van der Waals surface area contributed by atoms with Crippen LogP contribution in [0, 0.1) is 0 Å². The fourth-order valence-corrected chi connectivity index (χ4v) is 4.05. The van der Waals surface area contributed by atoms with Gasteiger partial charge in [-0.1, -0.05) is 13.0 Å². The maximum Gasteiger partial charge on any atom is 0.164 e. The number of anilines is 1. The molecule has 0 aliphatic heterocycles. The van der Waals surface area contributed by atoms with Gasteiger partial charge in [-0.3, -0.25) is 4.98 Å². The maximum atomic E-state index is 5.41. The molecule has 0 saturated carbocycles. The van der Waals surface area contributed by atoms with Crippen LogP contribution in [0.2, 0.25) is 0 Å². The Morgan fingerprint density at radius 1 is 1.03 bits per heavy atom. The van der Waals surface area contributed by atoms with Crippen LogP contribution in [0.1, 0.15) is 17.4 Å². The molecule has 1 N–H and O–H groups in total. The molecule has 0 saturated heterocycles. The summed E-state index contributed by atoms with van der Waals surface area (Å²) in [6, 6.07) is 11.9. The van der Waals surface area contributed by atoms with E-state index in [1.807, 2.05) is 30.3 Å². The van der Waals surface area contributed by atoms with E-state index in [1.54, 1.807) is 38.0 Å². The first kappa shape index (κ1) is 19.1. The van der Waals surface area contributed by atoms with Crippen molar-refractivity contribution >= 4 is 27.4 Å². The molecule has 29 heavy (non-hydrogen) atoms. The monoisotopic (exact) mass is 406 g/mol. The number of hydrogen-bond donors (Lipinski definition) is 1. The van der Waals surface area contributed by atoms with E-state index in [1.165, 1.54) is 4.88 Å². The molecule has 3 heterocycles. The van der Waals surface area contributed by atoms with Crippen LogP contribution in [0.4, 0.5) is 5.82 Å². The number of fused-ring (bicyclic) bond motifs is 1. The Balaban J connectivity index is 1.69. The third-order valence-electron chi connectivity index (χ3n) is 4.62. The lowest BCUT2D eigenvalue weighted by molar-refractivity contribution is 0.354. The first-order valence-electron chi connectivity index (χ1n) is 9.37. The molecule has 0 radical (unpaired) electrons. The Hall–Kier alpha value is -3.19. The summed E-state index contributed by atoms with van der Waals surface area (Å²) in [4.78, 5) is 16.0. The number of rotatable bonds is 7. The number of nitrogens with one attached hydrogen (secondary N) is 1. The molecule has 0 atom stereocenters. The lowest BCUT2D eigenvalue weighted by Crippen LogP contribution is -2.04. The minimum absolute atomic E-state index is 0.607. The van der Waals surface area contributed by atoms with Crippen molar-refractivity contribution in [3.8, 4) is 22.9 Å². The van der Waals surface area contributed by atoms with Gasteiger partial charge in [-0.05, 0) is 42.3 Å². The van der Waals surface area contributed by atoms with E-state index in [9.17, 15) is 0 Å². The van der Waals surface area contributed by atoms with E-state index >= 15 is 0 Å². The van der Waals surface area contributed by atoms with Crippen molar-refractivity contribution in [1.29, 1.82) is 0 Å². The second-order valence-corrected chi connectivity index (χ2v) is 7.58. The molecule has 0 spiro atoms. The quantitative estimate of drug-likeness (QED) is 0.469. The zero-order valence-electron chi connectivity index (χ0n) is 16.6. The fourth-order valence-electron chi connectivity index (χ4n) is 3.08. The number of nitrogens with zero attached hydrogens (tertiary/aromatic N) is 3. The molecule has 0 fully saturated rings. The predicted molar refractivity (Wildman–Crippen MR) is 117 cm³/mol. The zero-order valence-corrected chi connectivity index (χ0v) is 17.4. The molecular weight excluding hydrogens is 384 g/mol. The predicted octanol–water partition coefficient (Wildman–Crippen LogP) is 4.95. The highest BCUT2D eigenvalue weighted by molar-refractivity contribution is 7.18. The summed E-state index contributed by atoms with van der Waals surface area (Å²) in [5, 5.41) is 4.52. The molecule has 3 aromatic heterocycles. The average Bonchev–Trinajstić information content (AvgIpc) is 3.21. The molecule has 0 aliphatic carbocycles. The summed E-state index contributed by atoms with van der Waals surface area (Å²) >= 11 is 1.70. The van der Waals surface area contributed by atoms with Gasteiger partial charge < -0.3 is 14.8 Å². The van der Waals surface area contributed by atoms with E-state index in [4.69, 9.17) is 19.4 Å². The molecule has 0 aliphatic rings. The van der Waals surface area contributed by atoms with Crippen molar-refractivity contribution in [2.75, 3.05) is 19.5 Å². The first-order chi connectivity index (χ1) is 14.2. The van der Waals surface area contributed by atoms with Crippen LogP contribution in [0.5, 0.6) is 11.5 Å². The van der Waals surface area contributed by atoms with E-state index in [0.29, 0.717) is 23.9 Å². The smallest absolute Gasteiger partial charge is 0.164 e. The molecular formula is C22H22N4O2S. The number of pyridine rings is 1. The standard InChI is InChI=1S/C22H22N4O2S/c1-4-16-11-17-21(24-12-14-7-8-18(27-2)19(10-14)28-3)25-20(26-22(17)29-16)15-6-5-9-23-13-15/h5-11,13H,4,12H2,1-3H3,(H,24,25,26). The van der Waals surface area contributed by atoms with Gasteiger partial charge >= 0.3 is 0 Å².